The monoisotopic (exact) mass is 415 g/mol. The van der Waals surface area contributed by atoms with Crippen molar-refractivity contribution >= 4 is 29.4 Å². The zero-order valence-electron chi connectivity index (χ0n) is 15.6. The Morgan fingerprint density at radius 2 is 2.07 bits per heavy atom. The molecule has 0 bridgehead atoms. The van der Waals surface area contributed by atoms with E-state index in [1.807, 2.05) is 6.92 Å². The quantitative estimate of drug-likeness (QED) is 0.293. The molecule has 2 aromatic rings. The molecule has 0 spiro atoms. The van der Waals surface area contributed by atoms with Crippen LogP contribution in [-0.2, 0) is 11.2 Å². The van der Waals surface area contributed by atoms with Crippen LogP contribution in [0.4, 0.5) is 5.69 Å². The number of non-ortho nitro benzene ring substituents is 1. The van der Waals surface area contributed by atoms with Gasteiger partial charge in [0, 0.05) is 12.1 Å². The van der Waals surface area contributed by atoms with Crippen LogP contribution in [0.15, 0.2) is 41.5 Å². The first-order valence-electron chi connectivity index (χ1n) is 8.52. The van der Waals surface area contributed by atoms with Crippen LogP contribution < -0.4 is 14.9 Å². The van der Waals surface area contributed by atoms with E-state index < -0.39 is 4.92 Å². The molecule has 0 aromatic heterocycles. The number of nitro benzene ring substituents is 1. The summed E-state index contributed by atoms with van der Waals surface area (Å²) in [5.41, 5.74) is 3.56. The summed E-state index contributed by atoms with van der Waals surface area (Å²) in [5, 5.41) is 14.8. The number of nitrogens with zero attached hydrogens (tertiary/aromatic N) is 2. The fraction of sp³-hybridized carbons (Fsp3) is 0.200. The van der Waals surface area contributed by atoms with Crippen LogP contribution in [0.2, 0.25) is 5.02 Å². The Morgan fingerprint density at radius 1 is 1.34 bits per heavy atom. The predicted molar refractivity (Wildman–Crippen MR) is 109 cm³/mol. The van der Waals surface area contributed by atoms with Crippen LogP contribution in [0.1, 0.15) is 18.1 Å². The molecule has 29 heavy (non-hydrogen) atoms. The SMILES string of the molecule is C#CCOc1c(Cl)cc(/C=N\NC(=O)Cc2ccc([N+](=O)[O-])cc2)cc1OCC. The van der Waals surface area contributed by atoms with Crippen LogP contribution in [0.3, 0.4) is 0 Å². The number of halogens is 1. The van der Waals surface area contributed by atoms with Crippen LogP contribution in [0.25, 0.3) is 0 Å². The Hall–Kier alpha value is -3.57. The van der Waals surface area contributed by atoms with Gasteiger partial charge in [-0.2, -0.15) is 5.10 Å². The summed E-state index contributed by atoms with van der Waals surface area (Å²) < 4.78 is 10.9. The van der Waals surface area contributed by atoms with Crippen LogP contribution in [0.5, 0.6) is 11.5 Å². The molecule has 0 fully saturated rings. The molecule has 0 aliphatic heterocycles. The number of rotatable bonds is 9. The van der Waals surface area contributed by atoms with Gasteiger partial charge in [-0.05, 0) is 30.2 Å². The van der Waals surface area contributed by atoms with Crippen molar-refractivity contribution in [1.29, 1.82) is 0 Å². The van der Waals surface area contributed by atoms with E-state index in [0.717, 1.165) is 0 Å². The molecule has 9 heteroatoms. The number of benzene rings is 2. The van der Waals surface area contributed by atoms with Gasteiger partial charge < -0.3 is 9.47 Å². The van der Waals surface area contributed by atoms with E-state index in [-0.39, 0.29) is 24.6 Å². The molecular formula is C20H18ClN3O5. The van der Waals surface area contributed by atoms with E-state index in [9.17, 15) is 14.9 Å². The lowest BCUT2D eigenvalue weighted by Gasteiger charge is -2.12. The van der Waals surface area contributed by atoms with Gasteiger partial charge in [0.15, 0.2) is 11.5 Å². The number of ether oxygens (including phenoxy) is 2. The zero-order chi connectivity index (χ0) is 21.2. The number of hydrazone groups is 1. The standard InChI is InChI=1S/C20H18ClN3O5/c1-3-9-29-20-17(21)10-15(11-18(20)28-4-2)13-22-23-19(25)12-14-5-7-16(8-6-14)24(26)27/h1,5-8,10-11,13H,4,9,12H2,2H3,(H,23,25)/b22-13-. The highest BCUT2D eigenvalue weighted by Gasteiger charge is 2.12. The van der Waals surface area contributed by atoms with Crippen LogP contribution >= 0.6 is 11.6 Å². The molecule has 2 aromatic carbocycles. The topological polar surface area (TPSA) is 103 Å². The number of hydrogen-bond acceptors (Lipinski definition) is 6. The minimum absolute atomic E-state index is 0.0269. The first kappa shape index (κ1) is 21.7. The Morgan fingerprint density at radius 3 is 2.69 bits per heavy atom. The number of carbonyl (C=O) groups is 1. The van der Waals surface area contributed by atoms with E-state index in [0.29, 0.717) is 34.3 Å². The number of terminal acetylenes is 1. The van der Waals surface area contributed by atoms with Crippen LogP contribution in [-0.4, -0.2) is 30.3 Å². The number of amides is 1. The highest BCUT2D eigenvalue weighted by atomic mass is 35.5. The Labute approximate surface area is 172 Å². The van der Waals surface area contributed by atoms with E-state index in [2.05, 4.69) is 16.4 Å². The highest BCUT2D eigenvalue weighted by molar-refractivity contribution is 6.32. The van der Waals surface area contributed by atoms with Crippen molar-refractivity contribution in [3.63, 3.8) is 0 Å². The second kappa shape index (κ2) is 10.7. The Balaban J connectivity index is 2.02. The van der Waals surface area contributed by atoms with Crippen molar-refractivity contribution in [3.05, 3.63) is 62.7 Å². The summed E-state index contributed by atoms with van der Waals surface area (Å²) >= 11 is 6.22. The lowest BCUT2D eigenvalue weighted by Crippen LogP contribution is -2.19. The molecule has 0 radical (unpaired) electrons. The molecule has 0 saturated heterocycles. The number of nitro groups is 1. The third kappa shape index (κ3) is 6.52. The van der Waals surface area contributed by atoms with Crippen molar-refractivity contribution in [2.45, 2.75) is 13.3 Å². The van der Waals surface area contributed by atoms with E-state index >= 15 is 0 Å². The fourth-order valence-electron chi connectivity index (χ4n) is 2.32. The van der Waals surface area contributed by atoms with Crippen molar-refractivity contribution in [2.75, 3.05) is 13.2 Å². The normalized spacial score (nSPS) is 10.4. The van der Waals surface area contributed by atoms with Crippen molar-refractivity contribution in [1.82, 2.24) is 5.43 Å². The molecule has 0 aliphatic carbocycles. The molecule has 0 aliphatic rings. The summed E-state index contributed by atoms with van der Waals surface area (Å²) in [6.07, 6.45) is 6.64. The van der Waals surface area contributed by atoms with Gasteiger partial charge in [-0.1, -0.05) is 29.7 Å². The summed E-state index contributed by atoms with van der Waals surface area (Å²) in [4.78, 5) is 22.1. The van der Waals surface area contributed by atoms with E-state index in [1.54, 1.807) is 12.1 Å². The largest absolute Gasteiger partial charge is 0.490 e. The average molecular weight is 416 g/mol. The van der Waals surface area contributed by atoms with Gasteiger partial charge >= 0.3 is 0 Å². The van der Waals surface area contributed by atoms with E-state index in [4.69, 9.17) is 27.5 Å². The smallest absolute Gasteiger partial charge is 0.269 e. The van der Waals surface area contributed by atoms with E-state index in [1.165, 1.54) is 30.5 Å². The molecule has 0 heterocycles. The fourth-order valence-corrected chi connectivity index (χ4v) is 2.59. The molecule has 8 nitrogen and oxygen atoms in total. The van der Waals surface area contributed by atoms with Gasteiger partial charge in [-0.25, -0.2) is 5.43 Å². The predicted octanol–water partition coefficient (Wildman–Crippen LogP) is 3.35. The van der Waals surface area contributed by atoms with Crippen molar-refractivity contribution in [2.24, 2.45) is 5.10 Å². The minimum atomic E-state index is -0.501. The Kier molecular flexibility index (Phi) is 8.00. The zero-order valence-corrected chi connectivity index (χ0v) is 16.3. The van der Waals surface area contributed by atoms with Crippen LogP contribution in [0, 0.1) is 22.5 Å². The lowest BCUT2D eigenvalue weighted by atomic mass is 10.1. The van der Waals surface area contributed by atoms with Gasteiger partial charge in [0.25, 0.3) is 5.69 Å². The Bertz CT molecular complexity index is 952. The maximum absolute atomic E-state index is 12.0. The summed E-state index contributed by atoms with van der Waals surface area (Å²) in [5.74, 6) is 2.73. The second-order valence-corrected chi connectivity index (χ2v) is 6.06. The van der Waals surface area contributed by atoms with Gasteiger partial charge in [-0.15, -0.1) is 6.42 Å². The molecule has 150 valence electrons. The minimum Gasteiger partial charge on any atom is -0.490 e. The van der Waals surface area contributed by atoms with Gasteiger partial charge in [0.2, 0.25) is 5.91 Å². The maximum atomic E-state index is 12.0. The number of nitrogens with one attached hydrogen (secondary N) is 1. The van der Waals surface area contributed by atoms with Gasteiger partial charge in [0.05, 0.1) is 29.2 Å². The molecular weight excluding hydrogens is 398 g/mol. The van der Waals surface area contributed by atoms with Crippen molar-refractivity contribution in [3.8, 4) is 23.8 Å². The first-order chi connectivity index (χ1) is 13.9. The molecule has 1 N–H and O–H groups in total. The third-order valence-corrected chi connectivity index (χ3v) is 3.83. The molecule has 1 amide bonds. The molecule has 0 atom stereocenters. The number of carbonyl (C=O) groups excluding carboxylic acids is 1. The second-order valence-electron chi connectivity index (χ2n) is 5.65. The highest BCUT2D eigenvalue weighted by Crippen LogP contribution is 2.36. The van der Waals surface area contributed by atoms with Gasteiger partial charge in [0.1, 0.15) is 6.61 Å². The third-order valence-electron chi connectivity index (χ3n) is 3.55. The summed E-state index contributed by atoms with van der Waals surface area (Å²) in [7, 11) is 0. The van der Waals surface area contributed by atoms with Crippen molar-refractivity contribution < 1.29 is 19.2 Å². The maximum Gasteiger partial charge on any atom is 0.269 e. The molecule has 0 unspecified atom stereocenters. The molecule has 2 rings (SSSR count). The van der Waals surface area contributed by atoms with Gasteiger partial charge in [-0.3, -0.25) is 14.9 Å². The summed E-state index contributed by atoms with van der Waals surface area (Å²) in [6.45, 7) is 2.26. The first-order valence-corrected chi connectivity index (χ1v) is 8.90. The lowest BCUT2D eigenvalue weighted by molar-refractivity contribution is -0.384. The average Bonchev–Trinajstić information content (AvgIpc) is 2.68. The summed E-state index contributed by atoms with van der Waals surface area (Å²) in [6, 6.07) is 8.98. The molecule has 0 saturated carbocycles. The number of hydrogen-bond donors (Lipinski definition) is 1.